The maximum Gasteiger partial charge on any atom is 0.164 e. The minimum absolute atomic E-state index is 0.487. The molecular weight excluding hydrogens is 350 g/mol. The SMILES string of the molecule is CCCC(CN)c1ccc2c(c1)CCC(COc1ccc(OC)c(OC)c1)C2. The summed E-state index contributed by atoms with van der Waals surface area (Å²) in [6, 6.07) is 12.7. The first-order chi connectivity index (χ1) is 13.7. The van der Waals surface area contributed by atoms with Crippen LogP contribution >= 0.6 is 0 Å². The standard InChI is InChI=1S/C24H33NO3/c1-4-5-21(15-25)20-9-8-18-12-17(6-7-19(18)13-20)16-28-22-10-11-23(26-2)24(14-22)27-3/h8-11,13-14,17,21H,4-7,12,15-16,25H2,1-3H3. The second-order valence-electron chi connectivity index (χ2n) is 7.69. The quantitative estimate of drug-likeness (QED) is 0.680. The van der Waals surface area contributed by atoms with E-state index in [4.69, 9.17) is 19.9 Å². The van der Waals surface area contributed by atoms with Crippen LogP contribution < -0.4 is 19.9 Å². The molecular formula is C24H33NO3. The Balaban J connectivity index is 1.61. The van der Waals surface area contributed by atoms with Crippen molar-refractivity contribution < 1.29 is 14.2 Å². The molecule has 4 heteroatoms. The lowest BCUT2D eigenvalue weighted by atomic mass is 9.82. The van der Waals surface area contributed by atoms with E-state index in [-0.39, 0.29) is 0 Å². The zero-order chi connectivity index (χ0) is 19.9. The third-order valence-electron chi connectivity index (χ3n) is 5.79. The summed E-state index contributed by atoms with van der Waals surface area (Å²) in [4.78, 5) is 0. The largest absolute Gasteiger partial charge is 0.493 e. The van der Waals surface area contributed by atoms with Gasteiger partial charge in [-0.2, -0.15) is 0 Å². The van der Waals surface area contributed by atoms with Crippen LogP contribution in [0.15, 0.2) is 36.4 Å². The highest BCUT2D eigenvalue weighted by atomic mass is 16.5. The lowest BCUT2D eigenvalue weighted by Crippen LogP contribution is -2.21. The number of benzene rings is 2. The minimum Gasteiger partial charge on any atom is -0.493 e. The molecule has 0 heterocycles. The molecule has 4 nitrogen and oxygen atoms in total. The molecule has 0 saturated heterocycles. The fraction of sp³-hybridized carbons (Fsp3) is 0.500. The van der Waals surface area contributed by atoms with E-state index in [0.29, 0.717) is 17.6 Å². The van der Waals surface area contributed by atoms with Crippen LogP contribution in [0.1, 0.15) is 48.8 Å². The van der Waals surface area contributed by atoms with Crippen molar-refractivity contribution in [3.05, 3.63) is 53.1 Å². The summed E-state index contributed by atoms with van der Waals surface area (Å²) in [7, 11) is 3.28. The smallest absolute Gasteiger partial charge is 0.164 e. The molecule has 3 rings (SSSR count). The molecule has 0 fully saturated rings. The van der Waals surface area contributed by atoms with E-state index in [2.05, 4.69) is 25.1 Å². The molecule has 28 heavy (non-hydrogen) atoms. The third kappa shape index (κ3) is 4.79. The Bertz CT molecular complexity index is 774. The zero-order valence-corrected chi connectivity index (χ0v) is 17.4. The average molecular weight is 384 g/mol. The van der Waals surface area contributed by atoms with Gasteiger partial charge in [0.05, 0.1) is 20.8 Å². The topological polar surface area (TPSA) is 53.7 Å². The molecule has 0 spiro atoms. The predicted molar refractivity (Wildman–Crippen MR) is 114 cm³/mol. The van der Waals surface area contributed by atoms with Crippen LogP contribution in [0.4, 0.5) is 0 Å². The maximum absolute atomic E-state index is 6.06. The van der Waals surface area contributed by atoms with Crippen LogP contribution in [-0.2, 0) is 12.8 Å². The molecule has 1 aliphatic carbocycles. The molecule has 0 radical (unpaired) electrons. The van der Waals surface area contributed by atoms with Gasteiger partial charge in [-0.05, 0) is 72.9 Å². The van der Waals surface area contributed by atoms with Gasteiger partial charge in [0.15, 0.2) is 11.5 Å². The number of methoxy groups -OCH3 is 2. The molecule has 2 aromatic carbocycles. The Hall–Kier alpha value is -2.20. The fourth-order valence-electron chi connectivity index (χ4n) is 4.14. The second-order valence-corrected chi connectivity index (χ2v) is 7.69. The van der Waals surface area contributed by atoms with Crippen LogP contribution in [0.25, 0.3) is 0 Å². The van der Waals surface area contributed by atoms with Crippen molar-refractivity contribution >= 4 is 0 Å². The zero-order valence-electron chi connectivity index (χ0n) is 17.4. The molecule has 0 bridgehead atoms. The maximum atomic E-state index is 6.06. The van der Waals surface area contributed by atoms with E-state index in [9.17, 15) is 0 Å². The number of aryl methyl sites for hydroxylation is 1. The molecule has 2 aromatic rings. The van der Waals surface area contributed by atoms with E-state index in [0.717, 1.165) is 50.3 Å². The summed E-state index contributed by atoms with van der Waals surface area (Å²) in [5.74, 6) is 3.26. The van der Waals surface area contributed by atoms with Crippen molar-refractivity contribution in [1.29, 1.82) is 0 Å². The van der Waals surface area contributed by atoms with Gasteiger partial charge in [-0.1, -0.05) is 31.5 Å². The average Bonchev–Trinajstić information content (AvgIpc) is 2.75. The molecule has 2 N–H and O–H groups in total. The summed E-state index contributed by atoms with van der Waals surface area (Å²) in [6.45, 7) is 3.68. The van der Waals surface area contributed by atoms with Crippen LogP contribution in [0.5, 0.6) is 17.2 Å². The van der Waals surface area contributed by atoms with E-state index < -0.39 is 0 Å². The van der Waals surface area contributed by atoms with E-state index in [1.807, 2.05) is 18.2 Å². The molecule has 2 unspecified atom stereocenters. The molecule has 2 atom stereocenters. The summed E-state index contributed by atoms with van der Waals surface area (Å²) in [5, 5.41) is 0. The summed E-state index contributed by atoms with van der Waals surface area (Å²) in [6.07, 6.45) is 5.69. The monoisotopic (exact) mass is 383 g/mol. The van der Waals surface area contributed by atoms with E-state index >= 15 is 0 Å². The van der Waals surface area contributed by atoms with Crippen molar-refractivity contribution in [2.45, 2.75) is 44.9 Å². The van der Waals surface area contributed by atoms with Crippen LogP contribution in [0.3, 0.4) is 0 Å². The predicted octanol–water partition coefficient (Wildman–Crippen LogP) is 4.73. The highest BCUT2D eigenvalue weighted by molar-refractivity contribution is 5.45. The lowest BCUT2D eigenvalue weighted by Gasteiger charge is -2.26. The van der Waals surface area contributed by atoms with Crippen LogP contribution in [0, 0.1) is 5.92 Å². The molecule has 0 saturated carbocycles. The van der Waals surface area contributed by atoms with Gasteiger partial charge in [0, 0.05) is 6.07 Å². The van der Waals surface area contributed by atoms with Gasteiger partial charge in [0.1, 0.15) is 5.75 Å². The first kappa shape index (κ1) is 20.5. The lowest BCUT2D eigenvalue weighted by molar-refractivity contribution is 0.233. The summed E-state index contributed by atoms with van der Waals surface area (Å²) in [5.41, 5.74) is 10.4. The molecule has 1 aliphatic rings. The molecule has 152 valence electrons. The number of nitrogens with two attached hydrogens (primary N) is 1. The van der Waals surface area contributed by atoms with Crippen molar-refractivity contribution in [3.8, 4) is 17.2 Å². The van der Waals surface area contributed by atoms with Gasteiger partial charge in [0.2, 0.25) is 0 Å². The third-order valence-corrected chi connectivity index (χ3v) is 5.79. The van der Waals surface area contributed by atoms with Gasteiger partial charge < -0.3 is 19.9 Å². The fourth-order valence-corrected chi connectivity index (χ4v) is 4.14. The highest BCUT2D eigenvalue weighted by Gasteiger charge is 2.21. The second kappa shape index (κ2) is 9.83. The van der Waals surface area contributed by atoms with Gasteiger partial charge in [0.25, 0.3) is 0 Å². The highest BCUT2D eigenvalue weighted by Crippen LogP contribution is 2.33. The van der Waals surface area contributed by atoms with E-state index in [1.54, 1.807) is 14.2 Å². The minimum atomic E-state index is 0.487. The van der Waals surface area contributed by atoms with Crippen molar-refractivity contribution in [2.24, 2.45) is 11.7 Å². The van der Waals surface area contributed by atoms with Crippen molar-refractivity contribution in [2.75, 3.05) is 27.4 Å². The number of fused-ring (bicyclic) bond motifs is 1. The first-order valence-corrected chi connectivity index (χ1v) is 10.3. The van der Waals surface area contributed by atoms with Gasteiger partial charge in [-0.3, -0.25) is 0 Å². The Morgan fingerprint density at radius 3 is 2.57 bits per heavy atom. The molecule has 0 amide bonds. The Labute approximate surface area is 169 Å². The Morgan fingerprint density at radius 2 is 1.86 bits per heavy atom. The van der Waals surface area contributed by atoms with Crippen LogP contribution in [-0.4, -0.2) is 27.4 Å². The van der Waals surface area contributed by atoms with Gasteiger partial charge >= 0.3 is 0 Å². The van der Waals surface area contributed by atoms with Gasteiger partial charge in [-0.25, -0.2) is 0 Å². The molecule has 0 aliphatic heterocycles. The van der Waals surface area contributed by atoms with Gasteiger partial charge in [-0.15, -0.1) is 0 Å². The molecule has 0 aromatic heterocycles. The number of rotatable bonds is 9. The first-order valence-electron chi connectivity index (χ1n) is 10.3. The number of hydrogen-bond acceptors (Lipinski definition) is 4. The number of ether oxygens (including phenoxy) is 3. The van der Waals surface area contributed by atoms with Crippen LogP contribution in [0.2, 0.25) is 0 Å². The normalized spacial score (nSPS) is 16.9. The summed E-state index contributed by atoms with van der Waals surface area (Å²) < 4.78 is 16.7. The van der Waals surface area contributed by atoms with Crippen molar-refractivity contribution in [3.63, 3.8) is 0 Å². The summed E-state index contributed by atoms with van der Waals surface area (Å²) >= 11 is 0. The number of hydrogen-bond donors (Lipinski definition) is 1. The van der Waals surface area contributed by atoms with E-state index in [1.165, 1.54) is 23.1 Å². The van der Waals surface area contributed by atoms with Crippen molar-refractivity contribution in [1.82, 2.24) is 0 Å². The Morgan fingerprint density at radius 1 is 1.04 bits per heavy atom. The Kier molecular flexibility index (Phi) is 7.21.